The van der Waals surface area contributed by atoms with E-state index in [1.54, 1.807) is 0 Å². The second-order valence-electron chi connectivity index (χ2n) is 10.7. The highest BCUT2D eigenvalue weighted by Crippen LogP contribution is 2.30. The summed E-state index contributed by atoms with van der Waals surface area (Å²) in [6.07, 6.45) is 0. The van der Waals surface area contributed by atoms with Gasteiger partial charge in [0.15, 0.2) is 11.2 Å². The lowest BCUT2D eigenvalue weighted by Gasteiger charge is -2.23. The minimum Gasteiger partial charge on any atom is -0.369 e. The minimum atomic E-state index is -1.45. The van der Waals surface area contributed by atoms with Crippen LogP contribution < -0.4 is 0 Å². The van der Waals surface area contributed by atoms with Crippen molar-refractivity contribution >= 4 is 11.4 Å². The Hall–Kier alpha value is -6.04. The van der Waals surface area contributed by atoms with Crippen LogP contribution in [0.25, 0.3) is 0 Å². The van der Waals surface area contributed by atoms with E-state index in [9.17, 15) is 10.2 Å². The number of rotatable bonds is 6. The molecule has 4 heteroatoms. The fourth-order valence-corrected chi connectivity index (χ4v) is 5.00. The molecule has 0 fully saturated rings. The first-order chi connectivity index (χ1) is 22.5. The molecular formula is C42H30N2O2. The largest absolute Gasteiger partial charge is 0.369 e. The van der Waals surface area contributed by atoms with Crippen LogP contribution in [-0.2, 0) is 11.2 Å². The molecule has 0 saturated heterocycles. The van der Waals surface area contributed by atoms with Gasteiger partial charge in [-0.15, -0.1) is 0 Å². The Labute approximate surface area is 269 Å². The van der Waals surface area contributed by atoms with Crippen LogP contribution in [0, 0.1) is 23.7 Å². The number of hydrogen-bond donors (Lipinski definition) is 2. The van der Waals surface area contributed by atoms with Crippen molar-refractivity contribution in [2.45, 2.75) is 11.2 Å². The Balaban J connectivity index is 1.17. The van der Waals surface area contributed by atoms with Gasteiger partial charge in [-0.05, 0) is 48.5 Å². The molecule has 0 bridgehead atoms. The summed E-state index contributed by atoms with van der Waals surface area (Å²) in [4.78, 5) is 0. The van der Waals surface area contributed by atoms with E-state index in [4.69, 9.17) is 0 Å². The Bertz CT molecular complexity index is 1800. The van der Waals surface area contributed by atoms with E-state index in [0.29, 0.717) is 33.6 Å². The van der Waals surface area contributed by atoms with Crippen molar-refractivity contribution in [2.75, 3.05) is 0 Å². The van der Waals surface area contributed by atoms with E-state index < -0.39 is 11.2 Å². The van der Waals surface area contributed by atoms with Crippen LogP contribution in [0.4, 0.5) is 11.4 Å². The van der Waals surface area contributed by atoms with E-state index in [1.807, 2.05) is 170 Å². The van der Waals surface area contributed by atoms with Crippen LogP contribution in [-0.4, -0.2) is 10.2 Å². The molecule has 0 aliphatic carbocycles. The molecule has 46 heavy (non-hydrogen) atoms. The molecule has 0 saturated carbocycles. The van der Waals surface area contributed by atoms with Gasteiger partial charge in [-0.1, -0.05) is 145 Å². The van der Waals surface area contributed by atoms with Gasteiger partial charge in [-0.2, -0.15) is 10.2 Å². The van der Waals surface area contributed by atoms with Crippen molar-refractivity contribution in [3.8, 4) is 23.7 Å². The molecule has 0 aliphatic rings. The lowest BCUT2D eigenvalue weighted by molar-refractivity contribution is 0.145. The zero-order chi connectivity index (χ0) is 31.7. The fraction of sp³-hybridized carbons (Fsp3) is 0.0476. The van der Waals surface area contributed by atoms with Crippen molar-refractivity contribution < 1.29 is 10.2 Å². The van der Waals surface area contributed by atoms with Gasteiger partial charge in [-0.3, -0.25) is 0 Å². The maximum absolute atomic E-state index is 11.6. The maximum Gasteiger partial charge on any atom is 0.177 e. The second-order valence-corrected chi connectivity index (χ2v) is 10.7. The normalized spacial score (nSPS) is 11.3. The van der Waals surface area contributed by atoms with Crippen LogP contribution in [0.3, 0.4) is 0 Å². The van der Waals surface area contributed by atoms with E-state index in [1.165, 1.54) is 0 Å². The van der Waals surface area contributed by atoms with Gasteiger partial charge in [0.05, 0.1) is 11.4 Å². The molecular weight excluding hydrogens is 564 g/mol. The molecule has 0 radical (unpaired) electrons. The molecule has 0 aliphatic heterocycles. The number of aliphatic hydroxyl groups is 2. The van der Waals surface area contributed by atoms with Crippen LogP contribution in [0.15, 0.2) is 180 Å². The summed E-state index contributed by atoms with van der Waals surface area (Å²) < 4.78 is 0. The number of hydrogen-bond acceptors (Lipinski definition) is 4. The van der Waals surface area contributed by atoms with Gasteiger partial charge in [-0.25, -0.2) is 0 Å². The smallest absolute Gasteiger partial charge is 0.177 e. The molecule has 0 amide bonds. The van der Waals surface area contributed by atoms with E-state index in [-0.39, 0.29) is 0 Å². The highest BCUT2D eigenvalue weighted by molar-refractivity contribution is 5.52. The first kappa shape index (κ1) is 30.0. The summed E-state index contributed by atoms with van der Waals surface area (Å²) >= 11 is 0. The molecule has 0 heterocycles. The SMILES string of the molecule is OC(C#Cc1ccc(N=Nc2ccc(C#CC(O)(c3ccccc3)c3ccccc3)cc2)cc1)(c1ccccc1)c1ccccc1. The standard InChI is InChI=1S/C42H30N2O2/c45-41(35-13-5-1-6-14-35,36-15-7-2-8-16-36)31-29-33-21-25-39(26-22-33)43-44-40-27-23-34(24-28-40)30-32-42(46,37-17-9-3-10-18-37)38-19-11-4-12-20-38/h1-28,45-46H. The van der Waals surface area contributed by atoms with E-state index >= 15 is 0 Å². The van der Waals surface area contributed by atoms with E-state index in [0.717, 1.165) is 11.1 Å². The quantitative estimate of drug-likeness (QED) is 0.150. The zero-order valence-electron chi connectivity index (χ0n) is 25.0. The third-order valence-corrected chi connectivity index (χ3v) is 7.56. The van der Waals surface area contributed by atoms with Crippen molar-refractivity contribution in [3.63, 3.8) is 0 Å². The van der Waals surface area contributed by atoms with Gasteiger partial charge >= 0.3 is 0 Å². The summed E-state index contributed by atoms with van der Waals surface area (Å²) in [6.45, 7) is 0. The first-order valence-corrected chi connectivity index (χ1v) is 14.9. The van der Waals surface area contributed by atoms with Gasteiger partial charge in [0, 0.05) is 33.4 Å². The van der Waals surface area contributed by atoms with Gasteiger partial charge in [0.1, 0.15) is 0 Å². The Morgan fingerprint density at radius 3 is 0.870 bits per heavy atom. The van der Waals surface area contributed by atoms with Crippen LogP contribution >= 0.6 is 0 Å². The van der Waals surface area contributed by atoms with Crippen molar-refractivity contribution in [3.05, 3.63) is 203 Å². The zero-order valence-corrected chi connectivity index (χ0v) is 25.0. The summed E-state index contributed by atoms with van der Waals surface area (Å²) in [7, 11) is 0. The molecule has 4 nitrogen and oxygen atoms in total. The molecule has 2 N–H and O–H groups in total. The molecule has 6 rings (SSSR count). The lowest BCUT2D eigenvalue weighted by Crippen LogP contribution is -2.25. The van der Waals surface area contributed by atoms with Gasteiger partial charge in [0.2, 0.25) is 0 Å². The average molecular weight is 595 g/mol. The monoisotopic (exact) mass is 594 g/mol. The number of azo groups is 1. The van der Waals surface area contributed by atoms with Gasteiger partial charge in [0.25, 0.3) is 0 Å². The highest BCUT2D eigenvalue weighted by atomic mass is 16.3. The summed E-state index contributed by atoms with van der Waals surface area (Å²) in [5.41, 5.74) is 2.78. The molecule has 6 aromatic carbocycles. The first-order valence-electron chi connectivity index (χ1n) is 14.9. The molecule has 6 aromatic rings. The Morgan fingerprint density at radius 2 is 0.609 bits per heavy atom. The fourth-order valence-electron chi connectivity index (χ4n) is 5.00. The third kappa shape index (κ3) is 6.86. The van der Waals surface area contributed by atoms with Crippen molar-refractivity contribution in [2.24, 2.45) is 10.2 Å². The van der Waals surface area contributed by atoms with Crippen molar-refractivity contribution in [1.29, 1.82) is 0 Å². The summed E-state index contributed by atoms with van der Waals surface area (Å²) in [5.74, 6) is 12.4. The van der Waals surface area contributed by atoms with Crippen LogP contribution in [0.5, 0.6) is 0 Å². The molecule has 220 valence electrons. The van der Waals surface area contributed by atoms with E-state index in [2.05, 4.69) is 33.9 Å². The predicted octanol–water partition coefficient (Wildman–Crippen LogP) is 8.68. The third-order valence-electron chi connectivity index (χ3n) is 7.56. The summed E-state index contributed by atoms with van der Waals surface area (Å²) in [6, 6.07) is 52.6. The number of nitrogens with zero attached hydrogens (tertiary/aromatic N) is 2. The molecule has 0 atom stereocenters. The lowest BCUT2D eigenvalue weighted by atomic mass is 9.86. The van der Waals surface area contributed by atoms with Crippen molar-refractivity contribution in [1.82, 2.24) is 0 Å². The Kier molecular flexibility index (Phi) is 8.95. The minimum absolute atomic E-state index is 0.673. The second kappa shape index (κ2) is 13.7. The molecule has 0 spiro atoms. The van der Waals surface area contributed by atoms with Crippen LogP contribution in [0.1, 0.15) is 33.4 Å². The van der Waals surface area contributed by atoms with Gasteiger partial charge < -0.3 is 10.2 Å². The summed E-state index contributed by atoms with van der Waals surface area (Å²) in [5, 5.41) is 32.0. The Morgan fingerprint density at radius 1 is 0.348 bits per heavy atom. The average Bonchev–Trinajstić information content (AvgIpc) is 3.14. The molecule has 0 unspecified atom stereocenters. The highest BCUT2D eigenvalue weighted by Gasteiger charge is 2.30. The predicted molar refractivity (Wildman–Crippen MR) is 183 cm³/mol. The topological polar surface area (TPSA) is 65.2 Å². The molecule has 0 aromatic heterocycles. The maximum atomic E-state index is 11.6. The number of benzene rings is 6. The van der Waals surface area contributed by atoms with Crippen LogP contribution in [0.2, 0.25) is 0 Å².